The molecule has 0 saturated carbocycles. The Bertz CT molecular complexity index is 916. The lowest BCUT2D eigenvalue weighted by Gasteiger charge is -2.34. The molecule has 0 unspecified atom stereocenters. The van der Waals surface area contributed by atoms with Crippen molar-refractivity contribution >= 4 is 27.6 Å². The molecule has 1 aliphatic heterocycles. The first-order valence-electron chi connectivity index (χ1n) is 9.00. The fraction of sp³-hybridized carbons (Fsp3) is 0.273. The van der Waals surface area contributed by atoms with Gasteiger partial charge in [-0.15, -0.1) is 0 Å². The number of rotatable bonds is 3. The molecule has 4 nitrogen and oxygen atoms in total. The normalized spacial score (nSPS) is 22.3. The third-order valence-corrected chi connectivity index (χ3v) is 5.92. The van der Waals surface area contributed by atoms with Crippen LogP contribution in [0.5, 0.6) is 5.75 Å². The Morgan fingerprint density at radius 2 is 1.59 bits per heavy atom. The molecule has 138 valence electrons. The molecule has 0 aromatic heterocycles. The van der Waals surface area contributed by atoms with E-state index in [1.54, 1.807) is 7.11 Å². The Hall–Kier alpha value is -2.40. The Labute approximate surface area is 166 Å². The Morgan fingerprint density at radius 3 is 2.26 bits per heavy atom. The van der Waals surface area contributed by atoms with Crippen LogP contribution in [0.2, 0.25) is 0 Å². The van der Waals surface area contributed by atoms with Crippen molar-refractivity contribution in [2.75, 3.05) is 7.11 Å². The van der Waals surface area contributed by atoms with E-state index in [0.717, 1.165) is 32.6 Å². The van der Waals surface area contributed by atoms with Crippen molar-refractivity contribution in [3.63, 3.8) is 0 Å². The van der Waals surface area contributed by atoms with Crippen molar-refractivity contribution in [1.29, 1.82) is 0 Å². The minimum absolute atomic E-state index is 0.0233. The van der Waals surface area contributed by atoms with Crippen molar-refractivity contribution in [2.45, 2.75) is 31.1 Å². The van der Waals surface area contributed by atoms with Crippen LogP contribution in [0.3, 0.4) is 0 Å². The van der Waals surface area contributed by atoms with Crippen LogP contribution in [-0.4, -0.2) is 18.8 Å². The summed E-state index contributed by atoms with van der Waals surface area (Å²) in [5.41, 5.74) is 3.67. The number of hydrogen-bond donors (Lipinski definition) is 1. The zero-order valence-corrected chi connectivity index (χ0v) is 16.6. The van der Waals surface area contributed by atoms with Gasteiger partial charge in [-0.25, -0.2) is 0 Å². The monoisotopic (exact) mass is 425 g/mol. The molecule has 0 saturated heterocycles. The highest BCUT2D eigenvalue weighted by atomic mass is 79.9. The summed E-state index contributed by atoms with van der Waals surface area (Å²) in [6.07, 6.45) is 1.46. The van der Waals surface area contributed by atoms with E-state index in [2.05, 4.69) is 21.2 Å². The smallest absolute Gasteiger partial charge is 0.225 e. The van der Waals surface area contributed by atoms with Gasteiger partial charge in [0, 0.05) is 34.5 Å². The molecule has 4 rings (SSSR count). The number of nitrogens with one attached hydrogen (secondary N) is 1. The zero-order chi connectivity index (χ0) is 19.0. The van der Waals surface area contributed by atoms with Crippen molar-refractivity contribution < 1.29 is 14.3 Å². The fourth-order valence-corrected chi connectivity index (χ4v) is 4.32. The van der Waals surface area contributed by atoms with Crippen LogP contribution < -0.4 is 10.1 Å². The highest BCUT2D eigenvalue weighted by Gasteiger charge is 2.38. The van der Waals surface area contributed by atoms with E-state index in [1.165, 1.54) is 0 Å². The molecular weight excluding hydrogens is 406 g/mol. The van der Waals surface area contributed by atoms with Crippen LogP contribution in [0.1, 0.15) is 42.2 Å². The molecule has 27 heavy (non-hydrogen) atoms. The average molecular weight is 426 g/mol. The second kappa shape index (κ2) is 7.31. The molecule has 0 spiro atoms. The largest absolute Gasteiger partial charge is 0.497 e. The van der Waals surface area contributed by atoms with Gasteiger partial charge in [0.2, 0.25) is 5.91 Å². The molecule has 1 heterocycles. The minimum atomic E-state index is -0.161. The molecular formula is C22H20BrNO3. The average Bonchev–Trinajstić information content (AvgIpc) is 2.67. The highest BCUT2D eigenvalue weighted by Crippen LogP contribution is 2.42. The summed E-state index contributed by atoms with van der Waals surface area (Å²) in [7, 11) is 1.63. The molecule has 1 aliphatic carbocycles. The standard InChI is InChI=1S/C22H20BrNO3/c1-27-17-8-4-13(5-9-17)15-10-19-22(20(25)11-15)18(12-21(26)24-19)14-2-6-16(23)7-3-14/h2-9,15,18H,10-12H2,1H3,(H,24,26)/t15-,18-/m0/s1. The van der Waals surface area contributed by atoms with Gasteiger partial charge in [-0.05, 0) is 47.7 Å². The summed E-state index contributed by atoms with van der Waals surface area (Å²) in [6.45, 7) is 0. The lowest BCUT2D eigenvalue weighted by atomic mass is 9.73. The first kappa shape index (κ1) is 18.0. The molecule has 1 N–H and O–H groups in total. The van der Waals surface area contributed by atoms with Crippen LogP contribution in [0.4, 0.5) is 0 Å². The SMILES string of the molecule is COc1ccc([C@@H]2CC(=O)C3=C(C2)NC(=O)C[C@H]3c2ccc(Br)cc2)cc1. The molecule has 0 fully saturated rings. The van der Waals surface area contributed by atoms with Crippen molar-refractivity contribution in [2.24, 2.45) is 0 Å². The van der Waals surface area contributed by atoms with Gasteiger partial charge in [-0.1, -0.05) is 40.2 Å². The summed E-state index contributed by atoms with van der Waals surface area (Å²) < 4.78 is 6.19. The number of allylic oxidation sites excluding steroid dienone is 2. The van der Waals surface area contributed by atoms with Gasteiger partial charge in [0.15, 0.2) is 5.78 Å². The van der Waals surface area contributed by atoms with Crippen molar-refractivity contribution in [1.82, 2.24) is 5.32 Å². The molecule has 2 aromatic carbocycles. The van der Waals surface area contributed by atoms with Gasteiger partial charge in [0.25, 0.3) is 0 Å². The summed E-state index contributed by atoms with van der Waals surface area (Å²) in [5.74, 6) is 0.814. The van der Waals surface area contributed by atoms with Gasteiger partial charge >= 0.3 is 0 Å². The quantitative estimate of drug-likeness (QED) is 0.789. The van der Waals surface area contributed by atoms with E-state index in [1.807, 2.05) is 48.5 Å². The number of Topliss-reactive ketones (excluding diaryl/α,β-unsaturated/α-hetero) is 1. The maximum absolute atomic E-state index is 13.0. The molecule has 2 atom stereocenters. The van der Waals surface area contributed by atoms with E-state index in [4.69, 9.17) is 4.74 Å². The van der Waals surface area contributed by atoms with Gasteiger partial charge < -0.3 is 10.1 Å². The van der Waals surface area contributed by atoms with E-state index < -0.39 is 0 Å². The van der Waals surface area contributed by atoms with Gasteiger partial charge in [-0.2, -0.15) is 0 Å². The predicted molar refractivity (Wildman–Crippen MR) is 107 cm³/mol. The van der Waals surface area contributed by atoms with Crippen molar-refractivity contribution in [3.8, 4) is 5.75 Å². The van der Waals surface area contributed by atoms with E-state index in [-0.39, 0.29) is 23.5 Å². The Kier molecular flexibility index (Phi) is 4.87. The van der Waals surface area contributed by atoms with E-state index in [9.17, 15) is 9.59 Å². The second-order valence-electron chi connectivity index (χ2n) is 7.05. The minimum Gasteiger partial charge on any atom is -0.497 e. The number of halogens is 1. The summed E-state index contributed by atoms with van der Waals surface area (Å²) >= 11 is 3.44. The maximum Gasteiger partial charge on any atom is 0.225 e. The van der Waals surface area contributed by atoms with Gasteiger partial charge in [-0.3, -0.25) is 9.59 Å². The molecule has 2 aromatic rings. The molecule has 0 bridgehead atoms. The first-order valence-corrected chi connectivity index (χ1v) is 9.80. The molecule has 2 aliphatic rings. The number of ether oxygens (including phenoxy) is 1. The number of ketones is 1. The van der Waals surface area contributed by atoms with Gasteiger partial charge in [0.1, 0.15) is 5.75 Å². The number of methoxy groups -OCH3 is 1. The fourth-order valence-electron chi connectivity index (χ4n) is 4.05. The number of hydrogen-bond acceptors (Lipinski definition) is 3. The van der Waals surface area contributed by atoms with Crippen LogP contribution in [-0.2, 0) is 9.59 Å². The topological polar surface area (TPSA) is 55.4 Å². The Morgan fingerprint density at radius 1 is 0.926 bits per heavy atom. The summed E-state index contributed by atoms with van der Waals surface area (Å²) in [5, 5.41) is 2.97. The third kappa shape index (κ3) is 3.56. The second-order valence-corrected chi connectivity index (χ2v) is 7.97. The predicted octanol–water partition coefficient (Wildman–Crippen LogP) is 4.46. The van der Waals surface area contributed by atoms with Crippen molar-refractivity contribution in [3.05, 3.63) is 75.4 Å². The van der Waals surface area contributed by atoms with E-state index >= 15 is 0 Å². The van der Waals surface area contributed by atoms with Gasteiger partial charge in [0.05, 0.1) is 7.11 Å². The van der Waals surface area contributed by atoms with Crippen LogP contribution in [0.25, 0.3) is 0 Å². The molecule has 1 amide bonds. The maximum atomic E-state index is 13.0. The van der Waals surface area contributed by atoms with Crippen LogP contribution in [0, 0.1) is 0 Å². The third-order valence-electron chi connectivity index (χ3n) is 5.40. The zero-order valence-electron chi connectivity index (χ0n) is 15.0. The number of carbonyl (C=O) groups is 2. The van der Waals surface area contributed by atoms with Crippen LogP contribution >= 0.6 is 15.9 Å². The molecule has 5 heteroatoms. The lowest BCUT2D eigenvalue weighted by molar-refractivity contribution is -0.122. The van der Waals surface area contributed by atoms with Crippen LogP contribution in [0.15, 0.2) is 64.3 Å². The summed E-state index contributed by atoms with van der Waals surface area (Å²) in [6, 6.07) is 15.7. The highest BCUT2D eigenvalue weighted by molar-refractivity contribution is 9.10. The lowest BCUT2D eigenvalue weighted by Crippen LogP contribution is -2.38. The number of amides is 1. The van der Waals surface area contributed by atoms with E-state index in [0.29, 0.717) is 19.3 Å². The number of benzene rings is 2. The Balaban J connectivity index is 1.67. The first-order chi connectivity index (χ1) is 13.0. The molecule has 0 radical (unpaired) electrons. The summed E-state index contributed by atoms with van der Waals surface area (Å²) in [4.78, 5) is 25.4. The number of carbonyl (C=O) groups excluding carboxylic acids is 2.